The van der Waals surface area contributed by atoms with Crippen LogP contribution in [0.2, 0.25) is 10.0 Å². The highest BCUT2D eigenvalue weighted by atomic mass is 35.5. The zero-order chi connectivity index (χ0) is 30.3. The van der Waals surface area contributed by atoms with Crippen molar-refractivity contribution in [1.29, 1.82) is 0 Å². The zero-order valence-electron chi connectivity index (χ0n) is 24.2. The van der Waals surface area contributed by atoms with Gasteiger partial charge in [0, 0.05) is 73.8 Å². The van der Waals surface area contributed by atoms with Gasteiger partial charge in [-0.15, -0.1) is 0 Å². The van der Waals surface area contributed by atoms with Gasteiger partial charge in [-0.3, -0.25) is 19.4 Å². The number of pyridine rings is 1. The van der Waals surface area contributed by atoms with Crippen LogP contribution in [0.15, 0.2) is 42.7 Å². The minimum Gasteiger partial charge on any atom is -0.481 e. The molecule has 2 saturated heterocycles. The fourth-order valence-corrected chi connectivity index (χ4v) is 6.07. The summed E-state index contributed by atoms with van der Waals surface area (Å²) in [6.45, 7) is 8.05. The summed E-state index contributed by atoms with van der Waals surface area (Å²) in [7, 11) is 0. The van der Waals surface area contributed by atoms with E-state index in [2.05, 4.69) is 24.7 Å². The van der Waals surface area contributed by atoms with Gasteiger partial charge < -0.3 is 14.7 Å². The molecule has 2 fully saturated rings. The van der Waals surface area contributed by atoms with Crippen molar-refractivity contribution in [3.05, 3.63) is 58.3 Å². The molecule has 2 aromatic heterocycles. The van der Waals surface area contributed by atoms with Crippen molar-refractivity contribution in [2.75, 3.05) is 50.7 Å². The fourth-order valence-electron chi connectivity index (χ4n) is 5.54. The molecule has 0 saturated carbocycles. The predicted octanol–water partition coefficient (Wildman–Crippen LogP) is 5.43. The highest BCUT2D eigenvalue weighted by molar-refractivity contribution is 6.35. The van der Waals surface area contributed by atoms with Crippen LogP contribution >= 0.6 is 23.2 Å². The summed E-state index contributed by atoms with van der Waals surface area (Å²) in [5.41, 5.74) is 2.46. The molecule has 2 aliphatic heterocycles. The maximum atomic E-state index is 11.3. The topological polar surface area (TPSA) is 112 Å². The van der Waals surface area contributed by atoms with E-state index in [4.69, 9.17) is 38.0 Å². The maximum absolute atomic E-state index is 11.3. The summed E-state index contributed by atoms with van der Waals surface area (Å²) in [4.78, 5) is 43.0. The number of aromatic nitrogens is 3. The summed E-state index contributed by atoms with van der Waals surface area (Å²) < 4.78 is 6.16. The number of rotatable bonds is 11. The molecule has 0 bridgehead atoms. The predicted molar refractivity (Wildman–Crippen MR) is 166 cm³/mol. The Morgan fingerprint density at radius 2 is 1.60 bits per heavy atom. The number of ketones is 1. The van der Waals surface area contributed by atoms with E-state index in [1.807, 2.05) is 24.3 Å². The first-order valence-electron chi connectivity index (χ1n) is 14.6. The minimum absolute atomic E-state index is 0.211. The number of carbonyl (C=O) groups is 2. The quantitative estimate of drug-likeness (QED) is 0.296. The molecular weight excluding hydrogens is 591 g/mol. The Hall–Kier alpha value is -3.31. The van der Waals surface area contributed by atoms with Crippen LogP contribution in [0.3, 0.4) is 0 Å². The van der Waals surface area contributed by atoms with Gasteiger partial charge in [-0.05, 0) is 68.6 Å². The lowest BCUT2D eigenvalue weighted by atomic mass is 9.93. The molecule has 2 aliphatic rings. The second-order valence-corrected chi connectivity index (χ2v) is 12.1. The molecule has 43 heavy (non-hydrogen) atoms. The number of aliphatic carboxylic acids is 1. The van der Waals surface area contributed by atoms with Gasteiger partial charge in [0.1, 0.15) is 5.78 Å². The number of piperazine rings is 1. The number of likely N-dealkylation sites (tertiary alicyclic amines) is 1. The van der Waals surface area contributed by atoms with Crippen molar-refractivity contribution in [3.8, 4) is 22.9 Å². The Balaban J connectivity index is 1.28. The first-order valence-corrected chi connectivity index (χ1v) is 15.3. The molecule has 0 atom stereocenters. The van der Waals surface area contributed by atoms with E-state index in [0.717, 1.165) is 69.8 Å². The van der Waals surface area contributed by atoms with Crippen LogP contribution in [0.25, 0.3) is 11.3 Å². The highest BCUT2D eigenvalue weighted by Crippen LogP contribution is 2.31. The Labute approximate surface area is 261 Å². The number of piperidine rings is 1. The monoisotopic (exact) mass is 626 g/mol. The van der Waals surface area contributed by atoms with Gasteiger partial charge in [0.05, 0.1) is 18.1 Å². The third kappa shape index (κ3) is 9.09. The fraction of sp³-hybridized carbons (Fsp3) is 0.452. The van der Waals surface area contributed by atoms with Crippen molar-refractivity contribution in [3.63, 3.8) is 0 Å². The van der Waals surface area contributed by atoms with Gasteiger partial charge in [-0.1, -0.05) is 23.2 Å². The number of carboxylic acids is 1. The van der Waals surface area contributed by atoms with E-state index in [1.54, 1.807) is 25.4 Å². The molecule has 0 unspecified atom stereocenters. The van der Waals surface area contributed by atoms with Crippen molar-refractivity contribution in [2.45, 2.75) is 39.2 Å². The van der Waals surface area contributed by atoms with E-state index < -0.39 is 5.97 Å². The summed E-state index contributed by atoms with van der Waals surface area (Å²) in [5.74, 6) is 1.20. The third-order valence-electron chi connectivity index (χ3n) is 7.87. The molecule has 3 aromatic rings. The molecular formula is C31H36Cl2N6O4. The van der Waals surface area contributed by atoms with Gasteiger partial charge in [-0.2, -0.15) is 0 Å². The standard InChI is InChI=1S/C31H36Cl2N6O4/c1-21(40)2-5-37-8-10-39(11-9-37)31-34-18-27(19-35-31)43-29-13-23(20-38-6-3-22(4-7-38)14-30(41)42)12-28(36-29)24-15-25(32)17-26(33)16-24/h12-13,15-19,22H,2-11,14,20H2,1H3,(H,41,42). The lowest BCUT2D eigenvalue weighted by Crippen LogP contribution is -2.47. The first-order chi connectivity index (χ1) is 20.7. The smallest absolute Gasteiger partial charge is 0.303 e. The maximum Gasteiger partial charge on any atom is 0.303 e. The number of hydrogen-bond acceptors (Lipinski definition) is 9. The largest absolute Gasteiger partial charge is 0.481 e. The van der Waals surface area contributed by atoms with Crippen LogP contribution < -0.4 is 9.64 Å². The molecule has 0 aliphatic carbocycles. The van der Waals surface area contributed by atoms with Gasteiger partial charge in [0.2, 0.25) is 11.8 Å². The average Bonchev–Trinajstić information content (AvgIpc) is 2.97. The summed E-state index contributed by atoms with van der Waals surface area (Å²) in [6, 6.07) is 9.23. The number of nitrogens with zero attached hydrogens (tertiary/aromatic N) is 6. The van der Waals surface area contributed by atoms with Gasteiger partial charge in [0.15, 0.2) is 5.75 Å². The van der Waals surface area contributed by atoms with Crippen LogP contribution in [0, 0.1) is 5.92 Å². The van der Waals surface area contributed by atoms with E-state index in [9.17, 15) is 9.59 Å². The van der Waals surface area contributed by atoms with E-state index >= 15 is 0 Å². The minimum atomic E-state index is -0.736. The molecule has 228 valence electrons. The summed E-state index contributed by atoms with van der Waals surface area (Å²) >= 11 is 12.6. The van der Waals surface area contributed by atoms with Crippen molar-refractivity contribution >= 4 is 40.9 Å². The molecule has 5 rings (SSSR count). The SMILES string of the molecule is CC(=O)CCN1CCN(c2ncc(Oc3cc(CN4CCC(CC(=O)O)CC4)cc(-c4cc(Cl)cc(Cl)c4)n3)cn2)CC1. The second-order valence-electron chi connectivity index (χ2n) is 11.3. The highest BCUT2D eigenvalue weighted by Gasteiger charge is 2.22. The Morgan fingerprint density at radius 1 is 0.930 bits per heavy atom. The average molecular weight is 628 g/mol. The number of benzene rings is 1. The molecule has 0 spiro atoms. The molecule has 12 heteroatoms. The van der Waals surface area contributed by atoms with Crippen molar-refractivity contribution in [2.24, 2.45) is 5.92 Å². The number of anilines is 1. The van der Waals surface area contributed by atoms with E-state index in [0.29, 0.717) is 46.3 Å². The second kappa shape index (κ2) is 14.4. The normalized spacial score (nSPS) is 16.8. The van der Waals surface area contributed by atoms with Crippen LogP contribution in [-0.2, 0) is 16.1 Å². The Kier molecular flexibility index (Phi) is 10.5. The van der Waals surface area contributed by atoms with E-state index in [-0.39, 0.29) is 18.1 Å². The molecule has 10 nitrogen and oxygen atoms in total. The lowest BCUT2D eigenvalue weighted by Gasteiger charge is -2.34. The zero-order valence-corrected chi connectivity index (χ0v) is 25.7. The van der Waals surface area contributed by atoms with Gasteiger partial charge in [0.25, 0.3) is 0 Å². The van der Waals surface area contributed by atoms with Crippen LogP contribution in [0.4, 0.5) is 5.95 Å². The Bertz CT molecular complexity index is 1400. The first kappa shape index (κ1) is 31.1. The number of carbonyl (C=O) groups excluding carboxylic acids is 1. The van der Waals surface area contributed by atoms with Crippen LogP contribution in [-0.4, -0.2) is 87.4 Å². The number of hydrogen-bond donors (Lipinski definition) is 1. The van der Waals surface area contributed by atoms with Crippen LogP contribution in [0.5, 0.6) is 11.6 Å². The molecule has 0 radical (unpaired) electrons. The van der Waals surface area contributed by atoms with Gasteiger partial charge >= 0.3 is 5.97 Å². The molecule has 4 heterocycles. The third-order valence-corrected chi connectivity index (χ3v) is 8.31. The summed E-state index contributed by atoms with van der Waals surface area (Å²) in [6.07, 6.45) is 5.82. The van der Waals surface area contributed by atoms with Crippen LogP contribution in [0.1, 0.15) is 38.2 Å². The summed E-state index contributed by atoms with van der Waals surface area (Å²) in [5, 5.41) is 10.2. The van der Waals surface area contributed by atoms with Crippen molar-refractivity contribution < 1.29 is 19.4 Å². The number of halogens is 2. The lowest BCUT2D eigenvalue weighted by molar-refractivity contribution is -0.138. The number of ether oxygens (including phenoxy) is 1. The van der Waals surface area contributed by atoms with E-state index in [1.165, 1.54) is 0 Å². The number of carboxylic acid groups (broad SMARTS) is 1. The molecule has 0 amide bonds. The van der Waals surface area contributed by atoms with Gasteiger partial charge in [-0.25, -0.2) is 15.0 Å². The number of Topliss-reactive ketones (excluding diaryl/α,β-unsaturated/α-hetero) is 1. The Morgan fingerprint density at radius 3 is 2.23 bits per heavy atom. The molecule has 1 N–H and O–H groups in total. The van der Waals surface area contributed by atoms with Crippen molar-refractivity contribution in [1.82, 2.24) is 24.8 Å². The molecule has 1 aromatic carbocycles.